The molecule has 2 N–H and O–H groups in total. The van der Waals surface area contributed by atoms with Crippen LogP contribution in [0.15, 0.2) is 30.9 Å². The quantitative estimate of drug-likeness (QED) is 0.783. The summed E-state index contributed by atoms with van der Waals surface area (Å²) in [6, 6.07) is 5.64. The summed E-state index contributed by atoms with van der Waals surface area (Å²) in [6.07, 6.45) is 3.80. The maximum absolute atomic E-state index is 10.3. The zero-order chi connectivity index (χ0) is 14.4. The van der Waals surface area contributed by atoms with Gasteiger partial charge in [-0.25, -0.2) is 0 Å². The largest absolute Gasteiger partial charge is 0.507 e. The molecule has 0 aromatic heterocycles. The third-order valence-corrected chi connectivity index (χ3v) is 3.83. The minimum Gasteiger partial charge on any atom is -0.507 e. The smallest absolute Gasteiger partial charge is 0.127 e. The number of nitrogens with one attached hydrogen (secondary N) is 1. The van der Waals surface area contributed by atoms with Crippen LogP contribution in [0.4, 0.5) is 0 Å². The number of phenols is 1. The van der Waals surface area contributed by atoms with E-state index in [-0.39, 0.29) is 6.04 Å². The second-order valence-corrected chi connectivity index (χ2v) is 5.06. The summed E-state index contributed by atoms with van der Waals surface area (Å²) in [5.41, 5.74) is 0.902. The Morgan fingerprint density at radius 3 is 2.85 bits per heavy atom. The van der Waals surface area contributed by atoms with Crippen LogP contribution in [0, 0.1) is 0 Å². The van der Waals surface area contributed by atoms with Crippen molar-refractivity contribution in [3.63, 3.8) is 0 Å². The number of allylic oxidation sites excluding steroid dienone is 1. The number of benzene rings is 1. The number of phenolic OH excluding ortho intramolecular Hbond substituents is 1. The van der Waals surface area contributed by atoms with Crippen LogP contribution < -0.4 is 10.1 Å². The van der Waals surface area contributed by atoms with Crippen LogP contribution in [-0.2, 0) is 0 Å². The molecule has 0 saturated carbocycles. The molecule has 110 valence electrons. The highest BCUT2D eigenvalue weighted by Gasteiger charge is 2.26. The van der Waals surface area contributed by atoms with E-state index >= 15 is 0 Å². The van der Waals surface area contributed by atoms with Gasteiger partial charge in [0.15, 0.2) is 0 Å². The summed E-state index contributed by atoms with van der Waals surface area (Å²) in [5.74, 6) is 1.08. The molecule has 1 aliphatic heterocycles. The number of ether oxygens (including phenoxy) is 1. The van der Waals surface area contributed by atoms with Gasteiger partial charge in [-0.3, -0.25) is 4.90 Å². The van der Waals surface area contributed by atoms with E-state index in [1.54, 1.807) is 13.2 Å². The Morgan fingerprint density at radius 1 is 1.45 bits per heavy atom. The van der Waals surface area contributed by atoms with Gasteiger partial charge in [0, 0.05) is 32.2 Å². The molecule has 0 aliphatic carbocycles. The summed E-state index contributed by atoms with van der Waals surface area (Å²) < 4.78 is 5.45. The van der Waals surface area contributed by atoms with Crippen LogP contribution >= 0.6 is 0 Å². The molecule has 1 aromatic carbocycles. The van der Waals surface area contributed by atoms with Crippen molar-refractivity contribution in [2.75, 3.05) is 33.3 Å². The molecule has 0 amide bonds. The van der Waals surface area contributed by atoms with Crippen LogP contribution in [0.5, 0.6) is 11.5 Å². The first-order valence-corrected chi connectivity index (χ1v) is 7.19. The van der Waals surface area contributed by atoms with E-state index in [0.29, 0.717) is 5.75 Å². The van der Waals surface area contributed by atoms with Crippen molar-refractivity contribution >= 4 is 0 Å². The number of rotatable bonds is 6. The first-order chi connectivity index (χ1) is 9.77. The first kappa shape index (κ1) is 14.9. The van der Waals surface area contributed by atoms with Crippen LogP contribution in [0.25, 0.3) is 0 Å². The lowest BCUT2D eigenvalue weighted by molar-refractivity contribution is 0.160. The van der Waals surface area contributed by atoms with Crippen molar-refractivity contribution < 1.29 is 9.84 Å². The van der Waals surface area contributed by atoms with Gasteiger partial charge in [-0.2, -0.15) is 0 Å². The van der Waals surface area contributed by atoms with Gasteiger partial charge in [-0.05, 0) is 25.0 Å². The number of piperazine rings is 1. The molecule has 0 bridgehead atoms. The lowest BCUT2D eigenvalue weighted by Crippen LogP contribution is -2.45. The van der Waals surface area contributed by atoms with E-state index < -0.39 is 0 Å². The topological polar surface area (TPSA) is 44.7 Å². The summed E-state index contributed by atoms with van der Waals surface area (Å²) in [5, 5.41) is 13.6. The Kier molecular flexibility index (Phi) is 5.44. The highest BCUT2D eigenvalue weighted by atomic mass is 16.5. The summed E-state index contributed by atoms with van der Waals surface area (Å²) in [6.45, 7) is 7.76. The third kappa shape index (κ3) is 3.32. The molecule has 0 radical (unpaired) electrons. The van der Waals surface area contributed by atoms with E-state index in [9.17, 15) is 5.11 Å². The standard InChI is InChI=1S/C16H24N2O2/c1-3-4-6-13(18-11-9-17-10-12-18)16-14(19)7-5-8-15(16)20-2/h3,5,7-8,13,17,19H,1,4,6,9-12H2,2H3/t13-/m0/s1. The van der Waals surface area contributed by atoms with E-state index in [2.05, 4.69) is 16.8 Å². The van der Waals surface area contributed by atoms with Crippen LogP contribution in [0.2, 0.25) is 0 Å². The van der Waals surface area contributed by atoms with E-state index in [4.69, 9.17) is 4.74 Å². The average molecular weight is 276 g/mol. The van der Waals surface area contributed by atoms with Gasteiger partial charge < -0.3 is 15.2 Å². The number of methoxy groups -OCH3 is 1. The van der Waals surface area contributed by atoms with Gasteiger partial charge in [0.1, 0.15) is 11.5 Å². The highest BCUT2D eigenvalue weighted by Crippen LogP contribution is 2.38. The molecule has 1 atom stereocenters. The van der Waals surface area contributed by atoms with E-state index in [1.807, 2.05) is 18.2 Å². The molecule has 1 heterocycles. The molecular weight excluding hydrogens is 252 g/mol. The molecule has 20 heavy (non-hydrogen) atoms. The Balaban J connectivity index is 2.31. The average Bonchev–Trinajstić information content (AvgIpc) is 2.50. The second-order valence-electron chi connectivity index (χ2n) is 5.06. The molecule has 4 heteroatoms. The maximum atomic E-state index is 10.3. The number of aromatic hydroxyl groups is 1. The summed E-state index contributed by atoms with van der Waals surface area (Å²) in [4.78, 5) is 2.41. The van der Waals surface area contributed by atoms with Gasteiger partial charge in [0.05, 0.1) is 12.7 Å². The summed E-state index contributed by atoms with van der Waals surface area (Å²) in [7, 11) is 1.65. The van der Waals surface area contributed by atoms with Crippen molar-refractivity contribution in [3.8, 4) is 11.5 Å². The molecule has 1 aliphatic rings. The Labute approximate surface area is 121 Å². The Morgan fingerprint density at radius 2 is 2.20 bits per heavy atom. The molecule has 1 fully saturated rings. The molecule has 1 saturated heterocycles. The van der Waals surface area contributed by atoms with Gasteiger partial charge in [-0.15, -0.1) is 6.58 Å². The number of hydrogen-bond acceptors (Lipinski definition) is 4. The SMILES string of the molecule is C=CCC[C@@H](c1c(O)cccc1OC)N1CCNCC1. The minimum absolute atomic E-state index is 0.172. The summed E-state index contributed by atoms with van der Waals surface area (Å²) >= 11 is 0. The van der Waals surface area contributed by atoms with Crippen molar-refractivity contribution in [2.24, 2.45) is 0 Å². The Bertz CT molecular complexity index is 442. The normalized spacial score (nSPS) is 17.6. The van der Waals surface area contributed by atoms with Gasteiger partial charge in [0.2, 0.25) is 0 Å². The molecule has 4 nitrogen and oxygen atoms in total. The van der Waals surface area contributed by atoms with Crippen LogP contribution in [-0.4, -0.2) is 43.3 Å². The second kappa shape index (κ2) is 7.31. The molecule has 0 spiro atoms. The highest BCUT2D eigenvalue weighted by molar-refractivity contribution is 5.46. The predicted molar refractivity (Wildman–Crippen MR) is 81.3 cm³/mol. The zero-order valence-electron chi connectivity index (χ0n) is 12.1. The minimum atomic E-state index is 0.172. The van der Waals surface area contributed by atoms with Crippen molar-refractivity contribution in [1.82, 2.24) is 10.2 Å². The van der Waals surface area contributed by atoms with Crippen molar-refractivity contribution in [3.05, 3.63) is 36.4 Å². The predicted octanol–water partition coefficient (Wildman–Crippen LogP) is 2.31. The molecule has 1 aromatic rings. The van der Waals surface area contributed by atoms with Gasteiger partial charge >= 0.3 is 0 Å². The van der Waals surface area contributed by atoms with Gasteiger partial charge in [-0.1, -0.05) is 12.1 Å². The third-order valence-electron chi connectivity index (χ3n) is 3.83. The Hall–Kier alpha value is -1.52. The molecule has 2 rings (SSSR count). The van der Waals surface area contributed by atoms with Crippen LogP contribution in [0.3, 0.4) is 0 Å². The molecule has 0 unspecified atom stereocenters. The van der Waals surface area contributed by atoms with Crippen LogP contribution in [0.1, 0.15) is 24.4 Å². The fourth-order valence-corrected chi connectivity index (χ4v) is 2.82. The fourth-order valence-electron chi connectivity index (χ4n) is 2.82. The van der Waals surface area contributed by atoms with Crippen molar-refractivity contribution in [2.45, 2.75) is 18.9 Å². The number of hydrogen-bond donors (Lipinski definition) is 2. The monoisotopic (exact) mass is 276 g/mol. The lowest BCUT2D eigenvalue weighted by Gasteiger charge is -2.36. The number of nitrogens with zero attached hydrogens (tertiary/aromatic N) is 1. The molecular formula is C16H24N2O2. The van der Waals surface area contributed by atoms with Gasteiger partial charge in [0.25, 0.3) is 0 Å². The van der Waals surface area contributed by atoms with E-state index in [0.717, 1.165) is 50.3 Å². The van der Waals surface area contributed by atoms with E-state index in [1.165, 1.54) is 0 Å². The zero-order valence-corrected chi connectivity index (χ0v) is 12.1. The fraction of sp³-hybridized carbons (Fsp3) is 0.500. The lowest BCUT2D eigenvalue weighted by atomic mass is 9.97. The van der Waals surface area contributed by atoms with Crippen molar-refractivity contribution in [1.29, 1.82) is 0 Å². The first-order valence-electron chi connectivity index (χ1n) is 7.19. The maximum Gasteiger partial charge on any atom is 0.127 e.